The number of nitrogens with one attached hydrogen (secondary N) is 2. The second-order valence-electron chi connectivity index (χ2n) is 3.28. The maximum Gasteiger partial charge on any atom is 0.131 e. The van der Waals surface area contributed by atoms with E-state index in [1.807, 2.05) is 6.07 Å². The van der Waals surface area contributed by atoms with Crippen LogP contribution in [0.15, 0.2) is 12.4 Å². The van der Waals surface area contributed by atoms with Crippen molar-refractivity contribution in [3.63, 3.8) is 0 Å². The average molecular weight is 225 g/mol. The molecule has 0 saturated carbocycles. The van der Waals surface area contributed by atoms with Crippen molar-refractivity contribution in [2.24, 2.45) is 5.73 Å². The molecule has 0 aliphatic rings. The van der Waals surface area contributed by atoms with Crippen LogP contribution in [-0.4, -0.2) is 43.3 Å². The SMILES string of the molecule is COCCNc1cc(NCCCN)ncn1. The molecule has 0 aliphatic heterocycles. The van der Waals surface area contributed by atoms with Crippen LogP contribution in [0.5, 0.6) is 0 Å². The first-order valence-electron chi connectivity index (χ1n) is 5.35. The summed E-state index contributed by atoms with van der Waals surface area (Å²) in [6, 6.07) is 1.87. The van der Waals surface area contributed by atoms with Crippen molar-refractivity contribution in [1.82, 2.24) is 9.97 Å². The molecule has 0 amide bonds. The first kappa shape index (κ1) is 12.7. The van der Waals surface area contributed by atoms with Crippen LogP contribution >= 0.6 is 0 Å². The smallest absolute Gasteiger partial charge is 0.131 e. The van der Waals surface area contributed by atoms with Gasteiger partial charge in [0, 0.05) is 26.3 Å². The molecule has 1 aromatic heterocycles. The predicted molar refractivity (Wildman–Crippen MR) is 64.6 cm³/mol. The van der Waals surface area contributed by atoms with Crippen LogP contribution < -0.4 is 16.4 Å². The van der Waals surface area contributed by atoms with E-state index in [2.05, 4.69) is 20.6 Å². The number of nitrogens with zero attached hydrogens (tertiary/aromatic N) is 2. The van der Waals surface area contributed by atoms with Gasteiger partial charge in [-0.15, -0.1) is 0 Å². The highest BCUT2D eigenvalue weighted by Crippen LogP contribution is 2.07. The molecule has 4 N–H and O–H groups in total. The molecule has 0 fully saturated rings. The molecule has 1 heterocycles. The minimum atomic E-state index is 0.653. The van der Waals surface area contributed by atoms with E-state index in [1.165, 1.54) is 6.33 Å². The molecule has 0 unspecified atom stereocenters. The van der Waals surface area contributed by atoms with Gasteiger partial charge < -0.3 is 21.1 Å². The van der Waals surface area contributed by atoms with Crippen molar-refractivity contribution in [2.75, 3.05) is 44.0 Å². The van der Waals surface area contributed by atoms with Crippen molar-refractivity contribution >= 4 is 11.6 Å². The first-order valence-corrected chi connectivity index (χ1v) is 5.35. The van der Waals surface area contributed by atoms with Crippen LogP contribution in [0, 0.1) is 0 Å². The second-order valence-corrected chi connectivity index (χ2v) is 3.28. The molecule has 6 heteroatoms. The quantitative estimate of drug-likeness (QED) is 0.552. The number of hydrogen-bond donors (Lipinski definition) is 3. The number of rotatable bonds is 8. The summed E-state index contributed by atoms with van der Waals surface area (Å²) in [7, 11) is 1.67. The molecule has 0 aromatic carbocycles. The molecule has 6 nitrogen and oxygen atoms in total. The summed E-state index contributed by atoms with van der Waals surface area (Å²) in [6.45, 7) is 2.89. The van der Waals surface area contributed by atoms with Crippen LogP contribution in [0.3, 0.4) is 0 Å². The third-order valence-corrected chi connectivity index (χ3v) is 1.97. The van der Waals surface area contributed by atoms with Crippen LogP contribution in [-0.2, 0) is 4.74 Å². The van der Waals surface area contributed by atoms with E-state index in [0.29, 0.717) is 13.2 Å². The van der Waals surface area contributed by atoms with Gasteiger partial charge >= 0.3 is 0 Å². The zero-order chi connectivity index (χ0) is 11.6. The standard InChI is InChI=1S/C10H19N5O/c1-16-6-5-13-10-7-9(14-8-15-10)12-4-2-3-11/h7-8H,2-6,11H2,1H3,(H2,12,13,14,15). The summed E-state index contributed by atoms with van der Waals surface area (Å²) in [4.78, 5) is 8.20. The molecule has 0 saturated heterocycles. The number of anilines is 2. The first-order chi connectivity index (χ1) is 7.86. The molecule has 1 aromatic rings. The largest absolute Gasteiger partial charge is 0.383 e. The van der Waals surface area contributed by atoms with E-state index in [-0.39, 0.29) is 0 Å². The molecule has 0 atom stereocenters. The van der Waals surface area contributed by atoms with Gasteiger partial charge in [0.15, 0.2) is 0 Å². The van der Waals surface area contributed by atoms with Gasteiger partial charge in [-0.25, -0.2) is 9.97 Å². The molecule has 0 radical (unpaired) electrons. The van der Waals surface area contributed by atoms with Gasteiger partial charge in [-0.1, -0.05) is 0 Å². The molecular formula is C10H19N5O. The number of methoxy groups -OCH3 is 1. The van der Waals surface area contributed by atoms with E-state index in [1.54, 1.807) is 7.11 Å². The molecule has 0 bridgehead atoms. The lowest BCUT2D eigenvalue weighted by Gasteiger charge is -2.07. The summed E-state index contributed by atoms with van der Waals surface area (Å²) >= 11 is 0. The minimum absolute atomic E-state index is 0.653. The van der Waals surface area contributed by atoms with Gasteiger partial charge in [-0.3, -0.25) is 0 Å². The normalized spacial score (nSPS) is 10.1. The topological polar surface area (TPSA) is 85.1 Å². The number of aromatic nitrogens is 2. The molecule has 16 heavy (non-hydrogen) atoms. The van der Waals surface area contributed by atoms with Gasteiger partial charge in [0.2, 0.25) is 0 Å². The fourth-order valence-corrected chi connectivity index (χ4v) is 1.15. The highest BCUT2D eigenvalue weighted by atomic mass is 16.5. The van der Waals surface area contributed by atoms with Crippen LogP contribution in [0.2, 0.25) is 0 Å². The minimum Gasteiger partial charge on any atom is -0.383 e. The van der Waals surface area contributed by atoms with Crippen molar-refractivity contribution in [1.29, 1.82) is 0 Å². The molecule has 0 aliphatic carbocycles. The molecular weight excluding hydrogens is 206 g/mol. The Morgan fingerprint density at radius 3 is 2.56 bits per heavy atom. The van der Waals surface area contributed by atoms with Crippen molar-refractivity contribution < 1.29 is 4.74 Å². The van der Waals surface area contributed by atoms with E-state index >= 15 is 0 Å². The summed E-state index contributed by atoms with van der Waals surface area (Å²) in [5, 5.41) is 6.31. The number of nitrogens with two attached hydrogens (primary N) is 1. The zero-order valence-corrected chi connectivity index (χ0v) is 9.57. The Balaban J connectivity index is 2.37. The maximum atomic E-state index is 5.40. The third-order valence-electron chi connectivity index (χ3n) is 1.97. The molecule has 90 valence electrons. The van der Waals surface area contributed by atoms with Crippen molar-refractivity contribution in [3.8, 4) is 0 Å². The Kier molecular flexibility index (Phi) is 6.20. The predicted octanol–water partition coefficient (Wildman–Crippen LogP) is 0.296. The highest BCUT2D eigenvalue weighted by Gasteiger charge is 1.97. The summed E-state index contributed by atoms with van der Waals surface area (Å²) < 4.78 is 4.94. The molecule has 1 rings (SSSR count). The molecule has 0 spiro atoms. The summed E-state index contributed by atoms with van der Waals surface area (Å²) in [6.07, 6.45) is 2.45. The number of ether oxygens (including phenoxy) is 1. The zero-order valence-electron chi connectivity index (χ0n) is 9.57. The van der Waals surface area contributed by atoms with E-state index in [4.69, 9.17) is 10.5 Å². The van der Waals surface area contributed by atoms with Gasteiger partial charge in [-0.2, -0.15) is 0 Å². The second kappa shape index (κ2) is 7.84. The Hall–Kier alpha value is -1.40. The van der Waals surface area contributed by atoms with Crippen LogP contribution in [0.25, 0.3) is 0 Å². The van der Waals surface area contributed by atoms with E-state index in [0.717, 1.165) is 31.1 Å². The lowest BCUT2D eigenvalue weighted by atomic mass is 10.4. The van der Waals surface area contributed by atoms with Gasteiger partial charge in [-0.05, 0) is 13.0 Å². The highest BCUT2D eigenvalue weighted by molar-refractivity contribution is 5.46. The lowest BCUT2D eigenvalue weighted by Crippen LogP contribution is -2.11. The maximum absolute atomic E-state index is 5.40. The summed E-state index contributed by atoms with van der Waals surface area (Å²) in [5.41, 5.74) is 5.40. The van der Waals surface area contributed by atoms with Crippen LogP contribution in [0.4, 0.5) is 11.6 Å². The average Bonchev–Trinajstić information content (AvgIpc) is 2.30. The van der Waals surface area contributed by atoms with Gasteiger partial charge in [0.1, 0.15) is 18.0 Å². The monoisotopic (exact) mass is 225 g/mol. The Labute approximate surface area is 95.6 Å². The fourth-order valence-electron chi connectivity index (χ4n) is 1.15. The summed E-state index contributed by atoms with van der Waals surface area (Å²) in [5.74, 6) is 1.60. The Morgan fingerprint density at radius 1 is 1.25 bits per heavy atom. The van der Waals surface area contributed by atoms with E-state index in [9.17, 15) is 0 Å². The van der Waals surface area contributed by atoms with Crippen molar-refractivity contribution in [3.05, 3.63) is 12.4 Å². The lowest BCUT2D eigenvalue weighted by molar-refractivity contribution is 0.210. The van der Waals surface area contributed by atoms with Crippen LogP contribution in [0.1, 0.15) is 6.42 Å². The fraction of sp³-hybridized carbons (Fsp3) is 0.600. The van der Waals surface area contributed by atoms with Gasteiger partial charge in [0.25, 0.3) is 0 Å². The van der Waals surface area contributed by atoms with Crippen molar-refractivity contribution in [2.45, 2.75) is 6.42 Å². The third kappa shape index (κ3) is 4.90. The number of hydrogen-bond acceptors (Lipinski definition) is 6. The van der Waals surface area contributed by atoms with Gasteiger partial charge in [0.05, 0.1) is 6.61 Å². The van der Waals surface area contributed by atoms with E-state index < -0.39 is 0 Å². The Morgan fingerprint density at radius 2 is 1.94 bits per heavy atom. The Bertz CT molecular complexity index is 269.